The lowest BCUT2D eigenvalue weighted by Crippen LogP contribution is -1.92. The molecule has 0 nitrogen and oxygen atoms in total. The van der Waals surface area contributed by atoms with Crippen molar-refractivity contribution in [3.05, 3.63) is 53.6 Å². The van der Waals surface area contributed by atoms with Gasteiger partial charge in [0.2, 0.25) is 0 Å². The van der Waals surface area contributed by atoms with Gasteiger partial charge in [-0.2, -0.15) is 0 Å². The average molecular weight is 204 g/mol. The van der Waals surface area contributed by atoms with Gasteiger partial charge in [0.05, 0.1) is 0 Å². The molecule has 0 fully saturated rings. The van der Waals surface area contributed by atoms with E-state index in [1.807, 2.05) is 0 Å². The summed E-state index contributed by atoms with van der Waals surface area (Å²) in [6.45, 7) is 4.13. The van der Waals surface area contributed by atoms with E-state index < -0.39 is 0 Å². The van der Waals surface area contributed by atoms with Gasteiger partial charge in [-0.05, 0) is 36.7 Å². The van der Waals surface area contributed by atoms with Gasteiger partial charge in [0.15, 0.2) is 0 Å². The van der Waals surface area contributed by atoms with Gasteiger partial charge in [0.25, 0.3) is 0 Å². The molecule has 1 aromatic rings. The van der Waals surface area contributed by atoms with Crippen molar-refractivity contribution in [2.45, 2.75) is 20.3 Å². The Kier molecular flexibility index (Phi) is 4.62. The highest BCUT2D eigenvalue weighted by molar-refractivity contribution is 7.27. The Morgan fingerprint density at radius 1 is 1.21 bits per heavy atom. The Labute approximate surface area is 88.9 Å². The third kappa shape index (κ3) is 3.47. The Morgan fingerprint density at radius 3 is 2.36 bits per heavy atom. The summed E-state index contributed by atoms with van der Waals surface area (Å²) < 4.78 is 0. The molecule has 74 valence electrons. The highest BCUT2D eigenvalue weighted by atomic mass is 31.0. The second-order valence-corrected chi connectivity index (χ2v) is 3.95. The molecular weight excluding hydrogens is 187 g/mol. The van der Waals surface area contributed by atoms with Gasteiger partial charge in [-0.3, -0.25) is 0 Å². The quantitative estimate of drug-likeness (QED) is 0.523. The minimum atomic E-state index is 1.02. The summed E-state index contributed by atoms with van der Waals surface area (Å²) in [5.74, 6) is 0. The van der Waals surface area contributed by atoms with Crippen molar-refractivity contribution < 1.29 is 0 Å². The first-order chi connectivity index (χ1) is 6.76. The first-order valence-corrected chi connectivity index (χ1v) is 5.46. The fourth-order valence-corrected chi connectivity index (χ4v) is 1.53. The van der Waals surface area contributed by atoms with Crippen LogP contribution in [0.15, 0.2) is 48.1 Å². The van der Waals surface area contributed by atoms with Crippen molar-refractivity contribution in [3.8, 4) is 0 Å². The van der Waals surface area contributed by atoms with Crippen molar-refractivity contribution >= 4 is 14.5 Å². The van der Waals surface area contributed by atoms with Crippen molar-refractivity contribution in [2.24, 2.45) is 0 Å². The van der Waals surface area contributed by atoms with Gasteiger partial charge in [-0.15, -0.1) is 9.24 Å². The maximum Gasteiger partial charge on any atom is -0.00291 e. The highest BCUT2D eigenvalue weighted by Crippen LogP contribution is 2.08. The molecular formula is C13H17P. The Morgan fingerprint density at radius 2 is 1.86 bits per heavy atom. The fourth-order valence-electron chi connectivity index (χ4n) is 1.34. The summed E-state index contributed by atoms with van der Waals surface area (Å²) in [5, 5.41) is 1.24. The van der Waals surface area contributed by atoms with Crippen LogP contribution >= 0.6 is 9.24 Å². The van der Waals surface area contributed by atoms with Crippen LogP contribution in [0.4, 0.5) is 0 Å². The van der Waals surface area contributed by atoms with E-state index in [-0.39, 0.29) is 0 Å². The topological polar surface area (TPSA) is 0 Å². The predicted molar refractivity (Wildman–Crippen MR) is 68.1 cm³/mol. The molecule has 1 aromatic carbocycles. The van der Waals surface area contributed by atoms with E-state index in [1.165, 1.54) is 16.4 Å². The normalized spacial score (nSPS) is 12.4. The van der Waals surface area contributed by atoms with Crippen LogP contribution < -0.4 is 5.30 Å². The van der Waals surface area contributed by atoms with Crippen molar-refractivity contribution in [2.75, 3.05) is 0 Å². The predicted octanol–water partition coefficient (Wildman–Crippen LogP) is 3.25. The molecule has 0 aromatic heterocycles. The molecule has 0 spiro atoms. The number of allylic oxidation sites excluding steroid dienone is 4. The Hall–Kier alpha value is -0.870. The molecule has 0 saturated heterocycles. The van der Waals surface area contributed by atoms with Gasteiger partial charge < -0.3 is 0 Å². The molecule has 0 aliphatic carbocycles. The Bertz CT molecular complexity index is 331. The fraction of sp³-hybridized carbons (Fsp3) is 0.231. The summed E-state index contributed by atoms with van der Waals surface area (Å²) >= 11 is 0. The summed E-state index contributed by atoms with van der Waals surface area (Å²) in [4.78, 5) is 0. The number of hydrogen-bond acceptors (Lipinski definition) is 0. The lowest BCUT2D eigenvalue weighted by atomic mass is 10.0. The summed E-state index contributed by atoms with van der Waals surface area (Å²) in [7, 11) is 2.70. The molecule has 0 aliphatic heterocycles. The molecule has 0 bridgehead atoms. The summed E-state index contributed by atoms with van der Waals surface area (Å²) in [6, 6.07) is 8.61. The van der Waals surface area contributed by atoms with Crippen LogP contribution in [-0.2, 0) is 6.42 Å². The van der Waals surface area contributed by atoms with E-state index in [2.05, 4.69) is 65.6 Å². The van der Waals surface area contributed by atoms with Gasteiger partial charge in [-0.25, -0.2) is 0 Å². The first-order valence-electron chi connectivity index (χ1n) is 4.88. The lowest BCUT2D eigenvalue weighted by Gasteiger charge is -2.02. The SMILES string of the molecule is C/C=C\C(=C/C)Cc1ccc(P)cc1. The molecule has 0 radical (unpaired) electrons. The maximum atomic E-state index is 2.70. The zero-order chi connectivity index (χ0) is 10.4. The molecule has 1 rings (SSSR count). The standard InChI is InChI=1S/C13H17P/c1-3-5-11(4-2)10-12-6-8-13(14)9-7-12/h3-9H,10,14H2,1-2H3/b5-3-,11-4+. The zero-order valence-electron chi connectivity index (χ0n) is 8.83. The molecule has 1 heteroatoms. The van der Waals surface area contributed by atoms with Crippen LogP contribution in [0.3, 0.4) is 0 Å². The highest BCUT2D eigenvalue weighted by Gasteiger charge is 1.94. The molecule has 14 heavy (non-hydrogen) atoms. The maximum absolute atomic E-state index is 2.70. The van der Waals surface area contributed by atoms with E-state index in [1.54, 1.807) is 0 Å². The van der Waals surface area contributed by atoms with Crippen LogP contribution in [0.25, 0.3) is 0 Å². The molecule has 1 atom stereocenters. The molecule has 0 saturated carbocycles. The number of benzene rings is 1. The molecule has 0 heterocycles. The van der Waals surface area contributed by atoms with Gasteiger partial charge in [0, 0.05) is 0 Å². The minimum absolute atomic E-state index is 1.02. The van der Waals surface area contributed by atoms with Gasteiger partial charge in [-0.1, -0.05) is 42.5 Å². The van der Waals surface area contributed by atoms with Crippen LogP contribution in [0, 0.1) is 0 Å². The molecule has 0 N–H and O–H groups in total. The van der Waals surface area contributed by atoms with E-state index >= 15 is 0 Å². The van der Waals surface area contributed by atoms with E-state index in [0.717, 1.165) is 6.42 Å². The Balaban J connectivity index is 2.73. The van der Waals surface area contributed by atoms with Crippen molar-refractivity contribution in [3.63, 3.8) is 0 Å². The lowest BCUT2D eigenvalue weighted by molar-refractivity contribution is 1.19. The third-order valence-electron chi connectivity index (χ3n) is 2.14. The molecule has 1 unspecified atom stereocenters. The van der Waals surface area contributed by atoms with E-state index in [0.29, 0.717) is 0 Å². The minimum Gasteiger partial charge on any atom is -0.106 e. The smallest absolute Gasteiger partial charge is 0.00291 e. The van der Waals surface area contributed by atoms with Crippen LogP contribution in [0.2, 0.25) is 0 Å². The summed E-state index contributed by atoms with van der Waals surface area (Å²) in [5.41, 5.74) is 2.73. The largest absolute Gasteiger partial charge is 0.106 e. The van der Waals surface area contributed by atoms with Crippen LogP contribution in [-0.4, -0.2) is 0 Å². The third-order valence-corrected chi connectivity index (χ3v) is 2.52. The monoisotopic (exact) mass is 204 g/mol. The van der Waals surface area contributed by atoms with Crippen LogP contribution in [0.1, 0.15) is 19.4 Å². The number of rotatable bonds is 3. The van der Waals surface area contributed by atoms with Crippen molar-refractivity contribution in [1.82, 2.24) is 0 Å². The second kappa shape index (κ2) is 5.78. The van der Waals surface area contributed by atoms with Crippen molar-refractivity contribution in [1.29, 1.82) is 0 Å². The second-order valence-electron chi connectivity index (χ2n) is 3.28. The number of hydrogen-bond donors (Lipinski definition) is 0. The van der Waals surface area contributed by atoms with Gasteiger partial charge in [0.1, 0.15) is 0 Å². The van der Waals surface area contributed by atoms with E-state index in [4.69, 9.17) is 0 Å². The van der Waals surface area contributed by atoms with Crippen LogP contribution in [0.5, 0.6) is 0 Å². The summed E-state index contributed by atoms with van der Waals surface area (Å²) in [6.07, 6.45) is 7.42. The zero-order valence-corrected chi connectivity index (χ0v) is 9.98. The average Bonchev–Trinajstić information content (AvgIpc) is 2.20. The van der Waals surface area contributed by atoms with Gasteiger partial charge >= 0.3 is 0 Å². The molecule has 0 amide bonds. The van der Waals surface area contributed by atoms with E-state index in [9.17, 15) is 0 Å². The first kappa shape index (κ1) is 11.2. The molecule has 0 aliphatic rings.